The average molecular weight is 318 g/mol. The van der Waals surface area contributed by atoms with Crippen LogP contribution in [0.4, 0.5) is 4.39 Å². The molecule has 1 saturated heterocycles. The molecule has 4 nitrogen and oxygen atoms in total. The van der Waals surface area contributed by atoms with E-state index in [4.69, 9.17) is 4.74 Å². The molecule has 0 bridgehead atoms. The summed E-state index contributed by atoms with van der Waals surface area (Å²) in [7, 11) is 1.48. The van der Waals surface area contributed by atoms with Crippen LogP contribution in [0.5, 0.6) is 5.75 Å². The maximum Gasteiger partial charge on any atom is 0.165 e. The van der Waals surface area contributed by atoms with Crippen LogP contribution in [-0.4, -0.2) is 47.8 Å². The average Bonchev–Trinajstić information content (AvgIpc) is 2.93. The zero-order chi connectivity index (χ0) is 16.4. The van der Waals surface area contributed by atoms with Gasteiger partial charge in [-0.05, 0) is 42.5 Å². The zero-order valence-corrected chi connectivity index (χ0v) is 13.6. The predicted octanol–water partition coefficient (Wildman–Crippen LogP) is 2.63. The number of halogens is 1. The maximum absolute atomic E-state index is 14.0. The highest BCUT2D eigenvalue weighted by atomic mass is 19.1. The first-order chi connectivity index (χ1) is 11.1. The largest absolute Gasteiger partial charge is 0.493 e. The van der Waals surface area contributed by atoms with Crippen molar-refractivity contribution in [2.24, 2.45) is 5.92 Å². The molecule has 2 atom stereocenters. The molecule has 1 fully saturated rings. The molecule has 2 aromatic rings. The molecule has 1 aromatic carbocycles. The van der Waals surface area contributed by atoms with Crippen molar-refractivity contribution in [1.82, 2.24) is 9.88 Å². The summed E-state index contributed by atoms with van der Waals surface area (Å²) in [5, 5.41) is 10.8. The molecule has 1 aliphatic heterocycles. The van der Waals surface area contributed by atoms with Crippen LogP contribution in [0.25, 0.3) is 10.9 Å². The van der Waals surface area contributed by atoms with E-state index in [1.54, 1.807) is 12.3 Å². The molecule has 0 radical (unpaired) electrons. The third kappa shape index (κ3) is 3.16. The molecule has 1 N–H and O–H groups in total. The molecule has 0 aliphatic carbocycles. The van der Waals surface area contributed by atoms with Gasteiger partial charge in [0.25, 0.3) is 0 Å². The molecule has 0 spiro atoms. The van der Waals surface area contributed by atoms with E-state index in [1.165, 1.54) is 13.2 Å². The van der Waals surface area contributed by atoms with E-state index in [9.17, 15) is 9.50 Å². The van der Waals surface area contributed by atoms with Crippen LogP contribution >= 0.6 is 0 Å². The first kappa shape index (κ1) is 16.1. The molecule has 23 heavy (non-hydrogen) atoms. The summed E-state index contributed by atoms with van der Waals surface area (Å²) >= 11 is 0. The fourth-order valence-corrected chi connectivity index (χ4v) is 3.47. The molecule has 124 valence electrons. The van der Waals surface area contributed by atoms with Gasteiger partial charge in [0.2, 0.25) is 0 Å². The number of nitrogens with zero attached hydrogens (tertiary/aromatic N) is 2. The van der Waals surface area contributed by atoms with Crippen molar-refractivity contribution in [1.29, 1.82) is 0 Å². The highest BCUT2D eigenvalue weighted by molar-refractivity contribution is 5.88. The molecular weight excluding hydrogens is 295 g/mol. The van der Waals surface area contributed by atoms with Gasteiger partial charge in [-0.25, -0.2) is 4.39 Å². The molecule has 0 amide bonds. The molecule has 1 aromatic heterocycles. The van der Waals surface area contributed by atoms with Gasteiger partial charge in [-0.15, -0.1) is 0 Å². The Morgan fingerprint density at radius 1 is 1.35 bits per heavy atom. The third-order valence-corrected chi connectivity index (χ3v) is 4.81. The van der Waals surface area contributed by atoms with Crippen molar-refractivity contribution in [3.05, 3.63) is 35.8 Å². The van der Waals surface area contributed by atoms with Crippen molar-refractivity contribution in [2.45, 2.75) is 25.9 Å². The number of pyridine rings is 1. The van der Waals surface area contributed by atoms with Crippen LogP contribution < -0.4 is 4.74 Å². The van der Waals surface area contributed by atoms with Crippen LogP contribution in [-0.2, 0) is 6.42 Å². The van der Waals surface area contributed by atoms with Crippen molar-refractivity contribution in [3.8, 4) is 5.75 Å². The number of hydrogen-bond donors (Lipinski definition) is 1. The van der Waals surface area contributed by atoms with Crippen LogP contribution in [0.15, 0.2) is 24.4 Å². The van der Waals surface area contributed by atoms with E-state index >= 15 is 0 Å². The highest BCUT2D eigenvalue weighted by Crippen LogP contribution is 2.31. The van der Waals surface area contributed by atoms with Gasteiger partial charge in [0.05, 0.1) is 18.7 Å². The Bertz CT molecular complexity index is 692. The number of ether oxygens (including phenoxy) is 1. The lowest BCUT2D eigenvalue weighted by Crippen LogP contribution is -2.24. The van der Waals surface area contributed by atoms with Crippen LogP contribution in [0, 0.1) is 11.7 Å². The molecular formula is C18H23FN2O2. The predicted molar refractivity (Wildman–Crippen MR) is 88.2 cm³/mol. The number of likely N-dealkylation sites (tertiary alicyclic amines) is 1. The minimum atomic E-state index is -0.364. The normalized spacial score (nSPS) is 21.9. The number of methoxy groups -OCH3 is 1. The first-order valence-electron chi connectivity index (χ1n) is 8.14. The van der Waals surface area contributed by atoms with Crippen molar-refractivity contribution >= 4 is 10.9 Å². The van der Waals surface area contributed by atoms with Crippen LogP contribution in [0.2, 0.25) is 0 Å². The Hall–Kier alpha value is -1.72. The smallest absolute Gasteiger partial charge is 0.165 e. The lowest BCUT2D eigenvalue weighted by atomic mass is 10.0. The minimum absolute atomic E-state index is 0.235. The summed E-state index contributed by atoms with van der Waals surface area (Å²) in [5.41, 5.74) is 1.77. The minimum Gasteiger partial charge on any atom is -0.493 e. The second kappa shape index (κ2) is 6.81. The number of fused-ring (bicyclic) bond motifs is 1. The Morgan fingerprint density at radius 3 is 2.87 bits per heavy atom. The van der Waals surface area contributed by atoms with Gasteiger partial charge in [-0.2, -0.15) is 0 Å². The summed E-state index contributed by atoms with van der Waals surface area (Å²) in [6, 6.07) is 5.00. The lowest BCUT2D eigenvalue weighted by Gasteiger charge is -2.17. The number of aliphatic hydroxyl groups is 1. The van der Waals surface area contributed by atoms with Crippen molar-refractivity contribution in [3.63, 3.8) is 0 Å². The van der Waals surface area contributed by atoms with Gasteiger partial charge in [0.15, 0.2) is 11.6 Å². The van der Waals surface area contributed by atoms with E-state index in [0.717, 1.165) is 42.4 Å². The Labute approximate surface area is 135 Å². The summed E-state index contributed by atoms with van der Waals surface area (Å²) in [4.78, 5) is 6.58. The summed E-state index contributed by atoms with van der Waals surface area (Å²) < 4.78 is 19.2. The molecule has 0 saturated carbocycles. The Kier molecular flexibility index (Phi) is 4.78. The molecule has 1 aliphatic rings. The van der Waals surface area contributed by atoms with E-state index in [1.807, 2.05) is 6.07 Å². The Morgan fingerprint density at radius 2 is 2.17 bits per heavy atom. The van der Waals surface area contributed by atoms with Gasteiger partial charge in [-0.1, -0.05) is 6.92 Å². The van der Waals surface area contributed by atoms with Crippen molar-refractivity contribution < 1.29 is 14.2 Å². The quantitative estimate of drug-likeness (QED) is 0.920. The van der Waals surface area contributed by atoms with E-state index in [-0.39, 0.29) is 17.7 Å². The second-order valence-corrected chi connectivity index (χ2v) is 6.19. The summed E-state index contributed by atoms with van der Waals surface area (Å²) in [6.07, 6.45) is 3.29. The fraction of sp³-hybridized carbons (Fsp3) is 0.500. The molecule has 5 heteroatoms. The van der Waals surface area contributed by atoms with Crippen LogP contribution in [0.3, 0.4) is 0 Å². The van der Waals surface area contributed by atoms with Gasteiger partial charge in [-0.3, -0.25) is 4.98 Å². The molecule has 2 heterocycles. The van der Waals surface area contributed by atoms with Gasteiger partial charge < -0.3 is 14.7 Å². The van der Waals surface area contributed by atoms with Gasteiger partial charge >= 0.3 is 0 Å². The molecule has 3 rings (SSSR count). The maximum atomic E-state index is 14.0. The number of aromatic nitrogens is 1. The third-order valence-electron chi connectivity index (χ3n) is 4.81. The summed E-state index contributed by atoms with van der Waals surface area (Å²) in [5.74, 6) is 0.256. The number of aliphatic hydroxyl groups excluding tert-OH is 1. The van der Waals surface area contributed by atoms with Gasteiger partial charge in [0.1, 0.15) is 0 Å². The zero-order valence-electron chi connectivity index (χ0n) is 13.6. The number of β-amino-alcohol motifs (C(OH)–C–C–N with tert-alkyl or cyclic N) is 1. The SMILES string of the molecule is CCC1CN(CCc2ccnc3ccc(F)c(OC)c23)CC1O. The van der Waals surface area contributed by atoms with E-state index in [2.05, 4.69) is 16.8 Å². The molecule has 2 unspecified atom stereocenters. The summed E-state index contributed by atoms with van der Waals surface area (Å²) in [6.45, 7) is 4.59. The second-order valence-electron chi connectivity index (χ2n) is 6.19. The fourth-order valence-electron chi connectivity index (χ4n) is 3.47. The van der Waals surface area contributed by atoms with E-state index < -0.39 is 0 Å². The van der Waals surface area contributed by atoms with Gasteiger partial charge in [0, 0.05) is 31.2 Å². The highest BCUT2D eigenvalue weighted by Gasteiger charge is 2.29. The number of hydrogen-bond acceptors (Lipinski definition) is 4. The van der Waals surface area contributed by atoms with Crippen LogP contribution in [0.1, 0.15) is 18.9 Å². The number of rotatable bonds is 5. The first-order valence-corrected chi connectivity index (χ1v) is 8.14. The number of benzene rings is 1. The standard InChI is InChI=1S/C18H23FN2O2/c1-3-12-10-21(11-16(12)22)9-7-13-6-8-20-15-5-4-14(19)18(23-2)17(13)15/h4-6,8,12,16,22H,3,7,9-11H2,1-2H3. The van der Waals surface area contributed by atoms with Crippen molar-refractivity contribution in [2.75, 3.05) is 26.7 Å². The Balaban J connectivity index is 1.82. The lowest BCUT2D eigenvalue weighted by molar-refractivity contribution is 0.140. The van der Waals surface area contributed by atoms with E-state index in [0.29, 0.717) is 12.5 Å². The topological polar surface area (TPSA) is 45.6 Å². The monoisotopic (exact) mass is 318 g/mol.